The Hall–Kier alpha value is -1.30. The SMILES string of the molecule is CCOC(=O)N1CCN(CC(N)=O)CC1. The highest BCUT2D eigenvalue weighted by Crippen LogP contribution is 2.02. The molecule has 15 heavy (non-hydrogen) atoms. The summed E-state index contributed by atoms with van der Waals surface area (Å²) < 4.78 is 4.87. The minimum atomic E-state index is -0.334. The van der Waals surface area contributed by atoms with Gasteiger partial charge in [0.15, 0.2) is 0 Å². The minimum Gasteiger partial charge on any atom is -0.450 e. The number of amides is 2. The van der Waals surface area contributed by atoms with Crippen LogP contribution in [-0.2, 0) is 9.53 Å². The maximum Gasteiger partial charge on any atom is 0.409 e. The van der Waals surface area contributed by atoms with Crippen molar-refractivity contribution in [2.75, 3.05) is 39.3 Å². The van der Waals surface area contributed by atoms with E-state index < -0.39 is 0 Å². The molecule has 1 aliphatic heterocycles. The average Bonchev–Trinajstić information content (AvgIpc) is 2.18. The van der Waals surface area contributed by atoms with Gasteiger partial charge in [0.2, 0.25) is 5.91 Å². The second-order valence-electron chi connectivity index (χ2n) is 3.43. The zero-order valence-electron chi connectivity index (χ0n) is 8.94. The lowest BCUT2D eigenvalue weighted by Crippen LogP contribution is -2.50. The lowest BCUT2D eigenvalue weighted by atomic mass is 10.3. The molecule has 6 heteroatoms. The fourth-order valence-electron chi connectivity index (χ4n) is 1.52. The van der Waals surface area contributed by atoms with Crippen LogP contribution in [0.1, 0.15) is 6.92 Å². The number of hydrogen-bond acceptors (Lipinski definition) is 4. The monoisotopic (exact) mass is 215 g/mol. The summed E-state index contributed by atoms with van der Waals surface area (Å²) in [6.45, 7) is 4.94. The van der Waals surface area contributed by atoms with Crippen molar-refractivity contribution in [3.8, 4) is 0 Å². The summed E-state index contributed by atoms with van der Waals surface area (Å²) in [5.41, 5.74) is 5.08. The van der Waals surface area contributed by atoms with Crippen LogP contribution in [0, 0.1) is 0 Å². The number of piperazine rings is 1. The van der Waals surface area contributed by atoms with Gasteiger partial charge in [-0.2, -0.15) is 0 Å². The van der Waals surface area contributed by atoms with Crippen LogP contribution >= 0.6 is 0 Å². The first kappa shape index (κ1) is 11.8. The first-order valence-electron chi connectivity index (χ1n) is 5.06. The molecule has 2 N–H and O–H groups in total. The summed E-state index contributed by atoms with van der Waals surface area (Å²) in [6, 6.07) is 0. The van der Waals surface area contributed by atoms with Crippen LogP contribution in [-0.4, -0.2) is 61.1 Å². The van der Waals surface area contributed by atoms with Gasteiger partial charge < -0.3 is 15.4 Å². The standard InChI is InChI=1S/C9H17N3O3/c1-2-15-9(14)12-5-3-11(4-6-12)7-8(10)13/h2-7H2,1H3,(H2,10,13). The van der Waals surface area contributed by atoms with Crippen molar-refractivity contribution in [3.05, 3.63) is 0 Å². The molecule has 0 bridgehead atoms. The molecule has 0 atom stereocenters. The number of primary amides is 1. The molecule has 1 saturated heterocycles. The predicted molar refractivity (Wildman–Crippen MR) is 54.2 cm³/mol. The van der Waals surface area contributed by atoms with E-state index in [1.165, 1.54) is 0 Å². The van der Waals surface area contributed by atoms with E-state index in [9.17, 15) is 9.59 Å². The van der Waals surface area contributed by atoms with E-state index in [0.717, 1.165) is 0 Å². The highest BCUT2D eigenvalue weighted by atomic mass is 16.6. The van der Waals surface area contributed by atoms with Gasteiger partial charge in [-0.3, -0.25) is 9.69 Å². The summed E-state index contributed by atoms with van der Waals surface area (Å²) >= 11 is 0. The van der Waals surface area contributed by atoms with Gasteiger partial charge in [-0.1, -0.05) is 0 Å². The smallest absolute Gasteiger partial charge is 0.409 e. The summed E-state index contributed by atoms with van der Waals surface area (Å²) in [5, 5.41) is 0. The number of hydrogen-bond donors (Lipinski definition) is 1. The number of nitrogens with zero attached hydrogens (tertiary/aromatic N) is 2. The molecule has 86 valence electrons. The molecule has 1 heterocycles. The van der Waals surface area contributed by atoms with Crippen molar-refractivity contribution in [3.63, 3.8) is 0 Å². The molecule has 0 radical (unpaired) electrons. The van der Waals surface area contributed by atoms with Crippen LogP contribution in [0.2, 0.25) is 0 Å². The lowest BCUT2D eigenvalue weighted by Gasteiger charge is -2.33. The molecule has 0 aromatic rings. The molecule has 1 aliphatic rings. The number of carbonyl (C=O) groups is 2. The highest BCUT2D eigenvalue weighted by Gasteiger charge is 2.22. The molecule has 0 saturated carbocycles. The highest BCUT2D eigenvalue weighted by molar-refractivity contribution is 5.76. The van der Waals surface area contributed by atoms with Crippen LogP contribution < -0.4 is 5.73 Å². The van der Waals surface area contributed by atoms with Crippen LogP contribution in [0.25, 0.3) is 0 Å². The first-order valence-corrected chi connectivity index (χ1v) is 5.06. The maximum atomic E-state index is 11.3. The molecule has 1 fully saturated rings. The third-order valence-corrected chi connectivity index (χ3v) is 2.28. The van der Waals surface area contributed by atoms with E-state index >= 15 is 0 Å². The van der Waals surface area contributed by atoms with Crippen molar-refractivity contribution in [2.24, 2.45) is 5.73 Å². The lowest BCUT2D eigenvalue weighted by molar-refractivity contribution is -0.119. The van der Waals surface area contributed by atoms with Crippen LogP contribution in [0.3, 0.4) is 0 Å². The van der Waals surface area contributed by atoms with Gasteiger partial charge in [0.25, 0.3) is 0 Å². The second-order valence-corrected chi connectivity index (χ2v) is 3.43. The van der Waals surface area contributed by atoms with Crippen LogP contribution in [0.15, 0.2) is 0 Å². The van der Waals surface area contributed by atoms with Crippen LogP contribution in [0.4, 0.5) is 4.79 Å². The van der Waals surface area contributed by atoms with E-state index in [2.05, 4.69) is 0 Å². The van der Waals surface area contributed by atoms with E-state index in [1.54, 1.807) is 11.8 Å². The van der Waals surface area contributed by atoms with Gasteiger partial charge in [-0.15, -0.1) is 0 Å². The van der Waals surface area contributed by atoms with Crippen molar-refractivity contribution in [1.82, 2.24) is 9.80 Å². The number of carbonyl (C=O) groups excluding carboxylic acids is 2. The fourth-order valence-corrected chi connectivity index (χ4v) is 1.52. The molecule has 0 aliphatic carbocycles. The van der Waals surface area contributed by atoms with Gasteiger partial charge in [-0.05, 0) is 6.92 Å². The van der Waals surface area contributed by atoms with Crippen molar-refractivity contribution in [2.45, 2.75) is 6.92 Å². The summed E-state index contributed by atoms with van der Waals surface area (Å²) in [6.07, 6.45) is -0.281. The quantitative estimate of drug-likeness (QED) is 0.671. The van der Waals surface area contributed by atoms with E-state index in [1.807, 2.05) is 4.90 Å². The largest absolute Gasteiger partial charge is 0.450 e. The Balaban J connectivity index is 2.29. The molecule has 0 unspecified atom stereocenters. The minimum absolute atomic E-state index is 0.261. The van der Waals surface area contributed by atoms with Gasteiger partial charge >= 0.3 is 6.09 Å². The summed E-state index contributed by atoms with van der Waals surface area (Å²) in [4.78, 5) is 25.5. The molecule has 6 nitrogen and oxygen atoms in total. The molecule has 0 aromatic heterocycles. The zero-order chi connectivity index (χ0) is 11.3. The Morgan fingerprint density at radius 2 is 1.87 bits per heavy atom. The normalized spacial score (nSPS) is 17.5. The Morgan fingerprint density at radius 3 is 2.33 bits per heavy atom. The Labute approximate surface area is 88.9 Å². The number of ether oxygens (including phenoxy) is 1. The topological polar surface area (TPSA) is 75.9 Å². The average molecular weight is 215 g/mol. The van der Waals surface area contributed by atoms with Gasteiger partial charge in [0.1, 0.15) is 0 Å². The molecule has 1 rings (SSSR count). The van der Waals surface area contributed by atoms with Crippen molar-refractivity contribution < 1.29 is 14.3 Å². The number of nitrogens with two attached hydrogens (primary N) is 1. The summed E-state index contributed by atoms with van der Waals surface area (Å²) in [7, 11) is 0. The van der Waals surface area contributed by atoms with Gasteiger partial charge in [-0.25, -0.2) is 4.79 Å². The van der Waals surface area contributed by atoms with E-state index in [4.69, 9.17) is 10.5 Å². The molecule has 2 amide bonds. The first-order chi connectivity index (χ1) is 7.13. The zero-order valence-corrected chi connectivity index (χ0v) is 8.94. The third-order valence-electron chi connectivity index (χ3n) is 2.28. The molecule has 0 spiro atoms. The Bertz CT molecular complexity index is 237. The Morgan fingerprint density at radius 1 is 1.27 bits per heavy atom. The van der Waals surface area contributed by atoms with Crippen molar-refractivity contribution in [1.29, 1.82) is 0 Å². The molecular formula is C9H17N3O3. The second kappa shape index (κ2) is 5.55. The van der Waals surface area contributed by atoms with Gasteiger partial charge in [0.05, 0.1) is 13.2 Å². The number of rotatable bonds is 3. The van der Waals surface area contributed by atoms with Gasteiger partial charge in [0, 0.05) is 26.2 Å². The predicted octanol–water partition coefficient (Wildman–Crippen LogP) is -0.754. The van der Waals surface area contributed by atoms with E-state index in [0.29, 0.717) is 32.8 Å². The van der Waals surface area contributed by atoms with Crippen LogP contribution in [0.5, 0.6) is 0 Å². The summed E-state index contributed by atoms with van der Waals surface area (Å²) in [5.74, 6) is -0.334. The van der Waals surface area contributed by atoms with E-state index in [-0.39, 0.29) is 18.5 Å². The fraction of sp³-hybridized carbons (Fsp3) is 0.778. The third kappa shape index (κ3) is 3.75. The molecule has 0 aromatic carbocycles. The maximum absolute atomic E-state index is 11.3. The Kier molecular flexibility index (Phi) is 4.36. The molecular weight excluding hydrogens is 198 g/mol. The van der Waals surface area contributed by atoms with Crippen molar-refractivity contribution >= 4 is 12.0 Å².